The summed E-state index contributed by atoms with van der Waals surface area (Å²) in [5.74, 6) is 0.0728. The Morgan fingerprint density at radius 2 is 2.23 bits per heavy atom. The fraction of sp³-hybridized carbons (Fsp3) is 0.500. The van der Waals surface area contributed by atoms with Crippen LogP contribution in [-0.2, 0) is 0 Å². The van der Waals surface area contributed by atoms with Crippen molar-refractivity contribution in [3.8, 4) is 0 Å². The van der Waals surface area contributed by atoms with Crippen molar-refractivity contribution in [2.24, 2.45) is 11.7 Å². The Bertz CT molecular complexity index is 275. The fourth-order valence-electron chi connectivity index (χ4n) is 1.20. The smallest absolute Gasteiger partial charge is 0.0842 e. The van der Waals surface area contributed by atoms with Crippen LogP contribution in [0.2, 0.25) is 0 Å². The highest BCUT2D eigenvalue weighted by atomic mass is 16.3. The minimum Gasteiger partial charge on any atom is -0.388 e. The summed E-state index contributed by atoms with van der Waals surface area (Å²) in [6.45, 7) is 4.36. The van der Waals surface area contributed by atoms with E-state index in [1.807, 2.05) is 19.9 Å². The number of aromatic nitrogens is 1. The molecule has 3 N–H and O–H groups in total. The van der Waals surface area contributed by atoms with Gasteiger partial charge in [-0.15, -0.1) is 0 Å². The molecule has 0 fully saturated rings. The predicted octanol–water partition coefficient (Wildman–Crippen LogP) is 1.02. The minimum absolute atomic E-state index is 0.0728. The van der Waals surface area contributed by atoms with Crippen LogP contribution in [0.25, 0.3) is 0 Å². The van der Waals surface area contributed by atoms with Crippen molar-refractivity contribution < 1.29 is 5.11 Å². The van der Waals surface area contributed by atoms with Gasteiger partial charge in [0, 0.05) is 12.4 Å². The first-order valence-electron chi connectivity index (χ1n) is 4.45. The molecule has 0 spiro atoms. The van der Waals surface area contributed by atoms with Crippen molar-refractivity contribution in [1.29, 1.82) is 0 Å². The van der Waals surface area contributed by atoms with Crippen molar-refractivity contribution in [2.45, 2.75) is 20.0 Å². The van der Waals surface area contributed by atoms with Gasteiger partial charge in [-0.2, -0.15) is 0 Å². The predicted molar refractivity (Wildman–Crippen MR) is 52.2 cm³/mol. The molecule has 0 bridgehead atoms. The average Bonchev–Trinajstić information content (AvgIpc) is 2.15. The van der Waals surface area contributed by atoms with E-state index in [0.29, 0.717) is 6.54 Å². The van der Waals surface area contributed by atoms with E-state index in [0.717, 1.165) is 11.1 Å². The molecule has 3 heteroatoms. The highest BCUT2D eigenvalue weighted by Crippen LogP contribution is 2.20. The first-order chi connectivity index (χ1) is 6.15. The van der Waals surface area contributed by atoms with Crippen LogP contribution in [0.3, 0.4) is 0 Å². The zero-order valence-corrected chi connectivity index (χ0v) is 8.07. The van der Waals surface area contributed by atoms with E-state index in [-0.39, 0.29) is 5.92 Å². The molecule has 1 heterocycles. The molecule has 2 atom stereocenters. The lowest BCUT2D eigenvalue weighted by atomic mass is 9.98. The molecule has 72 valence electrons. The Balaban J connectivity index is 2.82. The lowest BCUT2D eigenvalue weighted by Gasteiger charge is -2.16. The molecule has 2 unspecified atom stereocenters. The van der Waals surface area contributed by atoms with Gasteiger partial charge < -0.3 is 10.8 Å². The molecule has 0 amide bonds. The maximum atomic E-state index is 9.79. The molecule has 1 aromatic rings. The summed E-state index contributed by atoms with van der Waals surface area (Å²) in [7, 11) is 0. The highest BCUT2D eigenvalue weighted by molar-refractivity contribution is 5.19. The Labute approximate surface area is 78.6 Å². The molecule has 0 aromatic carbocycles. The fourth-order valence-corrected chi connectivity index (χ4v) is 1.20. The van der Waals surface area contributed by atoms with Gasteiger partial charge in [0.1, 0.15) is 0 Å². The number of pyridine rings is 1. The van der Waals surface area contributed by atoms with Gasteiger partial charge in [0.05, 0.1) is 6.10 Å². The van der Waals surface area contributed by atoms with Gasteiger partial charge in [-0.05, 0) is 30.5 Å². The van der Waals surface area contributed by atoms with Crippen molar-refractivity contribution >= 4 is 0 Å². The molecular weight excluding hydrogens is 164 g/mol. The zero-order chi connectivity index (χ0) is 9.84. The lowest BCUT2D eigenvalue weighted by Crippen LogP contribution is -2.19. The minimum atomic E-state index is -0.502. The van der Waals surface area contributed by atoms with E-state index in [9.17, 15) is 5.11 Å². The van der Waals surface area contributed by atoms with Crippen LogP contribution in [0.15, 0.2) is 18.5 Å². The van der Waals surface area contributed by atoms with E-state index in [2.05, 4.69) is 4.98 Å². The molecule has 1 aromatic heterocycles. The summed E-state index contributed by atoms with van der Waals surface area (Å²) in [5.41, 5.74) is 7.37. The highest BCUT2D eigenvalue weighted by Gasteiger charge is 2.14. The van der Waals surface area contributed by atoms with E-state index in [1.165, 1.54) is 0 Å². The SMILES string of the molecule is Cc1cncc(C(O)C(C)CN)c1. The van der Waals surface area contributed by atoms with Gasteiger partial charge in [0.15, 0.2) is 0 Å². The van der Waals surface area contributed by atoms with E-state index < -0.39 is 6.10 Å². The summed E-state index contributed by atoms with van der Waals surface area (Å²) in [4.78, 5) is 4.02. The zero-order valence-electron chi connectivity index (χ0n) is 8.07. The first kappa shape index (κ1) is 10.2. The molecule has 0 saturated heterocycles. The second-order valence-electron chi connectivity index (χ2n) is 3.45. The van der Waals surface area contributed by atoms with E-state index in [1.54, 1.807) is 12.4 Å². The summed E-state index contributed by atoms with van der Waals surface area (Å²) >= 11 is 0. The van der Waals surface area contributed by atoms with Crippen molar-refractivity contribution in [3.63, 3.8) is 0 Å². The number of nitrogens with two attached hydrogens (primary N) is 1. The number of nitrogens with zero attached hydrogens (tertiary/aromatic N) is 1. The largest absolute Gasteiger partial charge is 0.388 e. The monoisotopic (exact) mass is 180 g/mol. The molecule has 0 aliphatic rings. The lowest BCUT2D eigenvalue weighted by molar-refractivity contribution is 0.121. The number of aliphatic hydroxyl groups is 1. The van der Waals surface area contributed by atoms with Crippen LogP contribution in [-0.4, -0.2) is 16.6 Å². The number of hydrogen-bond acceptors (Lipinski definition) is 3. The van der Waals surface area contributed by atoms with E-state index in [4.69, 9.17) is 5.73 Å². The Hall–Kier alpha value is -0.930. The molecule has 13 heavy (non-hydrogen) atoms. The summed E-state index contributed by atoms with van der Waals surface area (Å²) in [6, 6.07) is 1.93. The molecule has 0 radical (unpaired) electrons. The average molecular weight is 180 g/mol. The Kier molecular flexibility index (Phi) is 3.39. The number of hydrogen-bond donors (Lipinski definition) is 2. The van der Waals surface area contributed by atoms with Crippen LogP contribution in [0.4, 0.5) is 0 Å². The van der Waals surface area contributed by atoms with Crippen LogP contribution in [0, 0.1) is 12.8 Å². The topological polar surface area (TPSA) is 59.1 Å². The molecule has 0 aliphatic carbocycles. The third-order valence-corrected chi connectivity index (χ3v) is 2.15. The molecule has 0 aliphatic heterocycles. The summed E-state index contributed by atoms with van der Waals surface area (Å²) in [5, 5.41) is 9.79. The third kappa shape index (κ3) is 2.50. The third-order valence-electron chi connectivity index (χ3n) is 2.15. The number of aryl methyl sites for hydroxylation is 1. The Morgan fingerprint density at radius 1 is 1.54 bits per heavy atom. The second-order valence-corrected chi connectivity index (χ2v) is 3.45. The van der Waals surface area contributed by atoms with Crippen molar-refractivity contribution in [3.05, 3.63) is 29.6 Å². The molecular formula is C10H16N2O. The normalized spacial score (nSPS) is 15.4. The maximum Gasteiger partial charge on any atom is 0.0842 e. The van der Waals surface area contributed by atoms with Crippen molar-refractivity contribution in [2.75, 3.05) is 6.54 Å². The molecule has 0 saturated carbocycles. The molecule has 1 rings (SSSR count). The van der Waals surface area contributed by atoms with Gasteiger partial charge in [-0.3, -0.25) is 4.98 Å². The van der Waals surface area contributed by atoms with Gasteiger partial charge in [-0.25, -0.2) is 0 Å². The van der Waals surface area contributed by atoms with Crippen LogP contribution in [0.1, 0.15) is 24.2 Å². The van der Waals surface area contributed by atoms with Crippen LogP contribution >= 0.6 is 0 Å². The summed E-state index contributed by atoms with van der Waals surface area (Å²) in [6.07, 6.45) is 2.95. The number of aliphatic hydroxyl groups excluding tert-OH is 1. The van der Waals surface area contributed by atoms with Gasteiger partial charge in [0.2, 0.25) is 0 Å². The van der Waals surface area contributed by atoms with Crippen LogP contribution in [0.5, 0.6) is 0 Å². The van der Waals surface area contributed by atoms with Crippen molar-refractivity contribution in [1.82, 2.24) is 4.98 Å². The quantitative estimate of drug-likeness (QED) is 0.730. The number of rotatable bonds is 3. The van der Waals surface area contributed by atoms with Gasteiger partial charge in [-0.1, -0.05) is 13.0 Å². The summed E-state index contributed by atoms with van der Waals surface area (Å²) < 4.78 is 0. The first-order valence-corrected chi connectivity index (χ1v) is 4.45. The standard InChI is InChI=1S/C10H16N2O/c1-7-3-9(6-12-5-7)10(13)8(2)4-11/h3,5-6,8,10,13H,4,11H2,1-2H3. The molecule has 3 nitrogen and oxygen atoms in total. The van der Waals surface area contributed by atoms with E-state index >= 15 is 0 Å². The van der Waals surface area contributed by atoms with Gasteiger partial charge in [0.25, 0.3) is 0 Å². The van der Waals surface area contributed by atoms with Gasteiger partial charge >= 0.3 is 0 Å². The second kappa shape index (κ2) is 4.35. The maximum absolute atomic E-state index is 9.79. The Morgan fingerprint density at radius 3 is 2.77 bits per heavy atom. The van der Waals surface area contributed by atoms with Crippen LogP contribution < -0.4 is 5.73 Å².